The Hall–Kier alpha value is -1.61. The Morgan fingerprint density at radius 1 is 1.14 bits per heavy atom. The molecule has 3 heteroatoms. The van der Waals surface area contributed by atoms with Crippen LogP contribution in [0.1, 0.15) is 38.7 Å². The van der Waals surface area contributed by atoms with E-state index in [0.717, 1.165) is 24.1 Å². The third-order valence-corrected chi connectivity index (χ3v) is 4.93. The lowest BCUT2D eigenvalue weighted by atomic mass is 9.79. The van der Waals surface area contributed by atoms with E-state index >= 15 is 0 Å². The van der Waals surface area contributed by atoms with Crippen molar-refractivity contribution in [2.24, 2.45) is 11.8 Å². The Kier molecular flexibility index (Phi) is 4.39. The molecule has 0 radical (unpaired) electrons. The molecular weight excluding hydrogens is 258 g/mol. The Morgan fingerprint density at radius 3 is 2.62 bits per heavy atom. The predicted molar refractivity (Wildman–Crippen MR) is 86.4 cm³/mol. The molecule has 1 saturated carbocycles. The molecule has 0 spiro atoms. The first kappa shape index (κ1) is 14.3. The molecule has 0 amide bonds. The van der Waals surface area contributed by atoms with Gasteiger partial charge in [0.25, 0.3) is 0 Å². The predicted octanol–water partition coefficient (Wildman–Crippen LogP) is 3.79. The van der Waals surface area contributed by atoms with Gasteiger partial charge in [-0.05, 0) is 48.8 Å². The molecule has 2 aromatic rings. The van der Waals surface area contributed by atoms with Gasteiger partial charge in [0.15, 0.2) is 0 Å². The molecule has 3 unspecified atom stereocenters. The molecule has 1 aliphatic rings. The number of benzene rings is 1. The van der Waals surface area contributed by atoms with Gasteiger partial charge in [-0.25, -0.2) is 4.98 Å². The summed E-state index contributed by atoms with van der Waals surface area (Å²) in [6.45, 7) is 5.74. The zero-order valence-corrected chi connectivity index (χ0v) is 13.0. The summed E-state index contributed by atoms with van der Waals surface area (Å²) in [4.78, 5) is 4.08. The third-order valence-electron chi connectivity index (χ3n) is 4.93. The van der Waals surface area contributed by atoms with Gasteiger partial charge in [0.2, 0.25) is 0 Å². The van der Waals surface area contributed by atoms with Crippen LogP contribution in [0.2, 0.25) is 0 Å². The van der Waals surface area contributed by atoms with E-state index in [2.05, 4.69) is 48.4 Å². The van der Waals surface area contributed by atoms with E-state index in [1.54, 1.807) is 6.20 Å². The van der Waals surface area contributed by atoms with Crippen LogP contribution in [0, 0.1) is 11.8 Å². The molecule has 0 bridgehead atoms. The second-order valence-corrected chi connectivity index (χ2v) is 6.48. The minimum atomic E-state index is 0.685. The molecule has 1 heterocycles. The summed E-state index contributed by atoms with van der Waals surface area (Å²) in [6, 6.07) is 9.41. The van der Waals surface area contributed by atoms with Gasteiger partial charge < -0.3 is 9.88 Å². The molecule has 21 heavy (non-hydrogen) atoms. The second-order valence-electron chi connectivity index (χ2n) is 6.48. The van der Waals surface area contributed by atoms with E-state index in [1.807, 2.05) is 17.1 Å². The Balaban J connectivity index is 1.54. The molecule has 3 rings (SSSR count). The first-order valence-corrected chi connectivity index (χ1v) is 8.03. The van der Waals surface area contributed by atoms with Crippen LogP contribution in [0.4, 0.5) is 0 Å². The zero-order chi connectivity index (χ0) is 14.7. The van der Waals surface area contributed by atoms with Crippen molar-refractivity contribution in [1.29, 1.82) is 0 Å². The fourth-order valence-corrected chi connectivity index (χ4v) is 3.19. The van der Waals surface area contributed by atoms with Crippen molar-refractivity contribution in [2.75, 3.05) is 0 Å². The third kappa shape index (κ3) is 3.53. The van der Waals surface area contributed by atoms with E-state index in [0.29, 0.717) is 6.04 Å². The Labute approximate surface area is 127 Å². The van der Waals surface area contributed by atoms with Crippen molar-refractivity contribution in [3.63, 3.8) is 0 Å². The summed E-state index contributed by atoms with van der Waals surface area (Å²) in [7, 11) is 0. The average molecular weight is 283 g/mol. The van der Waals surface area contributed by atoms with E-state index in [4.69, 9.17) is 0 Å². The Morgan fingerprint density at radius 2 is 1.95 bits per heavy atom. The number of imidazole rings is 1. The van der Waals surface area contributed by atoms with Gasteiger partial charge in [-0.2, -0.15) is 0 Å². The number of hydrogen-bond acceptors (Lipinski definition) is 2. The lowest BCUT2D eigenvalue weighted by Gasteiger charge is -2.32. The highest BCUT2D eigenvalue weighted by Crippen LogP contribution is 2.29. The molecule has 0 aliphatic heterocycles. The lowest BCUT2D eigenvalue weighted by molar-refractivity contribution is 0.225. The molecule has 1 aliphatic carbocycles. The van der Waals surface area contributed by atoms with Crippen molar-refractivity contribution >= 4 is 0 Å². The summed E-state index contributed by atoms with van der Waals surface area (Å²) < 4.78 is 2.03. The first-order valence-electron chi connectivity index (χ1n) is 8.03. The molecule has 1 aromatic carbocycles. The smallest absolute Gasteiger partial charge is 0.0991 e. The highest BCUT2D eigenvalue weighted by molar-refractivity contribution is 5.34. The van der Waals surface area contributed by atoms with E-state index in [-0.39, 0.29) is 0 Å². The summed E-state index contributed by atoms with van der Waals surface area (Å²) in [5.74, 6) is 1.73. The maximum absolute atomic E-state index is 4.08. The maximum Gasteiger partial charge on any atom is 0.0991 e. The first-order chi connectivity index (χ1) is 10.2. The van der Waals surface area contributed by atoms with Crippen molar-refractivity contribution in [3.05, 3.63) is 48.5 Å². The van der Waals surface area contributed by atoms with Crippen LogP contribution < -0.4 is 5.32 Å². The van der Waals surface area contributed by atoms with Crippen molar-refractivity contribution < 1.29 is 0 Å². The van der Waals surface area contributed by atoms with Gasteiger partial charge >= 0.3 is 0 Å². The van der Waals surface area contributed by atoms with Crippen molar-refractivity contribution in [2.45, 2.75) is 45.7 Å². The summed E-state index contributed by atoms with van der Waals surface area (Å²) >= 11 is 0. The van der Waals surface area contributed by atoms with Crippen LogP contribution in [0.15, 0.2) is 43.0 Å². The number of hydrogen-bond donors (Lipinski definition) is 1. The molecule has 3 atom stereocenters. The Bertz CT molecular complexity index is 544. The van der Waals surface area contributed by atoms with Gasteiger partial charge in [0, 0.05) is 30.7 Å². The second kappa shape index (κ2) is 6.44. The summed E-state index contributed by atoms with van der Waals surface area (Å²) in [5, 5.41) is 3.72. The van der Waals surface area contributed by atoms with Gasteiger partial charge in [-0.3, -0.25) is 0 Å². The topological polar surface area (TPSA) is 29.9 Å². The number of nitrogens with zero attached hydrogens (tertiary/aromatic N) is 2. The van der Waals surface area contributed by atoms with Crippen LogP contribution in [-0.2, 0) is 6.54 Å². The standard InChI is InChI=1S/C18H25N3/c1-14-3-6-17(11-15(14)2)20-12-16-4-7-18(8-5-16)21-10-9-19-13-21/h4-5,7-10,13-15,17,20H,3,6,11-12H2,1-2H3. The fourth-order valence-electron chi connectivity index (χ4n) is 3.19. The highest BCUT2D eigenvalue weighted by atomic mass is 15.0. The average Bonchev–Trinajstić information content (AvgIpc) is 3.03. The van der Waals surface area contributed by atoms with Crippen LogP contribution in [0.3, 0.4) is 0 Å². The van der Waals surface area contributed by atoms with Crippen LogP contribution in [-0.4, -0.2) is 15.6 Å². The van der Waals surface area contributed by atoms with Crippen LogP contribution >= 0.6 is 0 Å². The van der Waals surface area contributed by atoms with Gasteiger partial charge in [-0.1, -0.05) is 26.0 Å². The summed E-state index contributed by atoms with van der Waals surface area (Å²) in [5.41, 5.74) is 2.52. The summed E-state index contributed by atoms with van der Waals surface area (Å²) in [6.07, 6.45) is 9.60. The van der Waals surface area contributed by atoms with Crippen LogP contribution in [0.5, 0.6) is 0 Å². The highest BCUT2D eigenvalue weighted by Gasteiger charge is 2.23. The minimum Gasteiger partial charge on any atom is -0.310 e. The van der Waals surface area contributed by atoms with Gasteiger partial charge in [0.1, 0.15) is 0 Å². The molecular formula is C18H25N3. The van der Waals surface area contributed by atoms with E-state index in [1.165, 1.54) is 24.8 Å². The zero-order valence-electron chi connectivity index (χ0n) is 13.0. The number of nitrogens with one attached hydrogen (secondary N) is 1. The number of aromatic nitrogens is 2. The molecule has 1 N–H and O–H groups in total. The monoisotopic (exact) mass is 283 g/mol. The van der Waals surface area contributed by atoms with Crippen molar-refractivity contribution in [1.82, 2.24) is 14.9 Å². The normalized spacial score (nSPS) is 25.9. The molecule has 1 aromatic heterocycles. The molecule has 112 valence electrons. The maximum atomic E-state index is 4.08. The molecule has 0 saturated heterocycles. The van der Waals surface area contributed by atoms with Gasteiger partial charge in [0.05, 0.1) is 6.33 Å². The largest absolute Gasteiger partial charge is 0.310 e. The molecule has 1 fully saturated rings. The van der Waals surface area contributed by atoms with Crippen LogP contribution in [0.25, 0.3) is 5.69 Å². The van der Waals surface area contributed by atoms with E-state index in [9.17, 15) is 0 Å². The minimum absolute atomic E-state index is 0.685. The lowest BCUT2D eigenvalue weighted by Crippen LogP contribution is -2.35. The fraction of sp³-hybridized carbons (Fsp3) is 0.500. The van der Waals surface area contributed by atoms with Crippen molar-refractivity contribution in [3.8, 4) is 5.69 Å². The molecule has 3 nitrogen and oxygen atoms in total. The van der Waals surface area contributed by atoms with Gasteiger partial charge in [-0.15, -0.1) is 0 Å². The quantitative estimate of drug-likeness (QED) is 0.925. The number of rotatable bonds is 4. The SMILES string of the molecule is CC1CCC(NCc2ccc(-n3ccnc3)cc2)CC1C. The van der Waals surface area contributed by atoms with E-state index < -0.39 is 0 Å².